The summed E-state index contributed by atoms with van der Waals surface area (Å²) in [6, 6.07) is 9.28. The molecule has 0 saturated carbocycles. The highest BCUT2D eigenvalue weighted by Crippen LogP contribution is 2.32. The summed E-state index contributed by atoms with van der Waals surface area (Å²) < 4.78 is 34.6. The maximum Gasteiger partial charge on any atom is 0.335 e. The fraction of sp³-hybridized carbons (Fsp3) is 0.292. The van der Waals surface area contributed by atoms with Crippen molar-refractivity contribution in [3.63, 3.8) is 0 Å². The third-order valence-electron chi connectivity index (χ3n) is 5.96. The van der Waals surface area contributed by atoms with Gasteiger partial charge in [0, 0.05) is 29.8 Å². The number of aromatic nitrogens is 2. The second kappa shape index (κ2) is 10.4. The molecule has 1 aromatic heterocycles. The molecule has 4 rings (SSSR count). The third-order valence-corrected chi connectivity index (χ3v) is 8.74. The molecule has 0 spiro atoms. The number of methoxy groups -OCH3 is 1. The van der Waals surface area contributed by atoms with E-state index in [4.69, 9.17) is 4.74 Å². The van der Waals surface area contributed by atoms with Crippen LogP contribution in [0.3, 0.4) is 0 Å². The molecule has 1 fully saturated rings. The Morgan fingerprint density at radius 3 is 2.50 bits per heavy atom. The number of piperidine rings is 1. The molecule has 0 radical (unpaired) electrons. The van der Waals surface area contributed by atoms with Crippen molar-refractivity contribution in [1.29, 1.82) is 0 Å². The summed E-state index contributed by atoms with van der Waals surface area (Å²) >= 11 is 3.39. The molecule has 10 nitrogen and oxygen atoms in total. The van der Waals surface area contributed by atoms with Crippen LogP contribution < -0.4 is 16.0 Å². The number of aliphatic imine (C=N–C) groups is 1. The van der Waals surface area contributed by atoms with E-state index >= 15 is 0 Å². The van der Waals surface area contributed by atoms with Crippen molar-refractivity contribution < 1.29 is 18.3 Å². The highest BCUT2D eigenvalue weighted by molar-refractivity contribution is 9.10. The Morgan fingerprint density at radius 1 is 1.11 bits per heavy atom. The van der Waals surface area contributed by atoms with E-state index in [9.17, 15) is 23.1 Å². The van der Waals surface area contributed by atoms with Crippen LogP contribution in [0.2, 0.25) is 0 Å². The minimum Gasteiger partial charge on any atom is -0.494 e. The lowest BCUT2D eigenvalue weighted by Crippen LogP contribution is -2.35. The number of aromatic hydroxyl groups is 1. The number of aromatic amines is 1. The van der Waals surface area contributed by atoms with Crippen LogP contribution in [0.4, 0.5) is 5.69 Å². The van der Waals surface area contributed by atoms with E-state index in [0.29, 0.717) is 18.8 Å². The Bertz CT molecular complexity index is 1560. The van der Waals surface area contributed by atoms with Gasteiger partial charge in [-0.2, -0.15) is 4.31 Å². The molecular weight excluding hydrogens is 552 g/mol. The summed E-state index contributed by atoms with van der Waals surface area (Å²) in [4.78, 5) is 31.4. The van der Waals surface area contributed by atoms with Crippen LogP contribution in [-0.4, -0.2) is 53.8 Å². The molecule has 0 atom stereocenters. The fourth-order valence-corrected chi connectivity index (χ4v) is 5.76. The van der Waals surface area contributed by atoms with Crippen LogP contribution in [0.15, 0.2) is 60.3 Å². The first-order chi connectivity index (χ1) is 17.1. The topological polar surface area (TPSA) is 134 Å². The highest BCUT2D eigenvalue weighted by Gasteiger charge is 2.26. The molecular formula is C24H25BrN4O6S. The number of hydrogen-bond acceptors (Lipinski definition) is 7. The van der Waals surface area contributed by atoms with E-state index in [1.165, 1.54) is 29.6 Å². The molecule has 1 aliphatic rings. The van der Waals surface area contributed by atoms with Crippen LogP contribution in [0, 0.1) is 6.92 Å². The van der Waals surface area contributed by atoms with Gasteiger partial charge >= 0.3 is 5.69 Å². The zero-order valence-corrected chi connectivity index (χ0v) is 22.1. The zero-order chi connectivity index (χ0) is 26.0. The van der Waals surface area contributed by atoms with E-state index < -0.39 is 27.2 Å². The Labute approximate surface area is 216 Å². The van der Waals surface area contributed by atoms with Gasteiger partial charge < -0.3 is 9.84 Å². The Hall–Kier alpha value is -3.22. The monoisotopic (exact) mass is 576 g/mol. The summed E-state index contributed by atoms with van der Waals surface area (Å²) in [6.07, 6.45) is 3.74. The first-order valence-corrected chi connectivity index (χ1v) is 13.4. The highest BCUT2D eigenvalue weighted by atomic mass is 79.9. The molecule has 12 heteroatoms. The van der Waals surface area contributed by atoms with Crippen LogP contribution >= 0.6 is 15.9 Å². The zero-order valence-electron chi connectivity index (χ0n) is 19.7. The molecule has 2 N–H and O–H groups in total. The van der Waals surface area contributed by atoms with Crippen molar-refractivity contribution in [1.82, 2.24) is 13.9 Å². The Balaban J connectivity index is 1.72. The fourth-order valence-electron chi connectivity index (χ4n) is 3.98. The first kappa shape index (κ1) is 25.9. The van der Waals surface area contributed by atoms with Gasteiger partial charge in [-0.25, -0.2) is 17.8 Å². The molecule has 2 heterocycles. The summed E-state index contributed by atoms with van der Waals surface area (Å²) in [5.74, 6) is -0.408. The molecule has 0 bridgehead atoms. The Kier molecular flexibility index (Phi) is 7.48. The van der Waals surface area contributed by atoms with Crippen molar-refractivity contribution in [2.75, 3.05) is 20.2 Å². The van der Waals surface area contributed by atoms with E-state index in [0.717, 1.165) is 40.1 Å². The van der Waals surface area contributed by atoms with Crippen molar-refractivity contribution in [3.05, 3.63) is 72.8 Å². The van der Waals surface area contributed by atoms with Gasteiger partial charge in [-0.05, 0) is 55.7 Å². The second-order valence-corrected chi connectivity index (χ2v) is 11.1. The molecule has 1 saturated heterocycles. The largest absolute Gasteiger partial charge is 0.494 e. The van der Waals surface area contributed by atoms with E-state index in [-0.39, 0.29) is 21.9 Å². The quantitative estimate of drug-likeness (QED) is 0.432. The molecule has 0 unspecified atom stereocenters. The van der Waals surface area contributed by atoms with Gasteiger partial charge in [-0.1, -0.05) is 22.4 Å². The van der Waals surface area contributed by atoms with Crippen molar-refractivity contribution in [2.45, 2.75) is 31.1 Å². The Morgan fingerprint density at radius 2 is 1.83 bits per heavy atom. The van der Waals surface area contributed by atoms with Gasteiger partial charge in [0.1, 0.15) is 17.0 Å². The molecule has 1 aliphatic heterocycles. The van der Waals surface area contributed by atoms with Crippen molar-refractivity contribution in [2.24, 2.45) is 4.99 Å². The maximum atomic E-state index is 13.0. The molecule has 0 amide bonds. The van der Waals surface area contributed by atoms with E-state index in [1.807, 2.05) is 6.92 Å². The average molecular weight is 577 g/mol. The summed E-state index contributed by atoms with van der Waals surface area (Å²) in [6.45, 7) is 2.77. The predicted octanol–water partition coefficient (Wildman–Crippen LogP) is 3.24. The van der Waals surface area contributed by atoms with Gasteiger partial charge in [0.2, 0.25) is 15.9 Å². The second-order valence-electron chi connectivity index (χ2n) is 8.32. The van der Waals surface area contributed by atoms with E-state index in [2.05, 4.69) is 25.9 Å². The summed E-state index contributed by atoms with van der Waals surface area (Å²) in [5, 5.41) is 10.8. The first-order valence-electron chi connectivity index (χ1n) is 11.2. The summed E-state index contributed by atoms with van der Waals surface area (Å²) in [5.41, 5.74) is -0.456. The molecule has 36 heavy (non-hydrogen) atoms. The number of nitrogens with zero attached hydrogens (tertiary/aromatic N) is 3. The number of nitrogens with one attached hydrogen (secondary N) is 1. The van der Waals surface area contributed by atoms with Crippen LogP contribution in [-0.2, 0) is 10.0 Å². The molecule has 0 aliphatic carbocycles. The standard InChI is InChI=1S/C24H25BrN4O6S/c1-15-12-16(6-8-19(15)25)29-23(31)18(22(30)27-24(29)32)14-26-20-9-7-17(13-21(20)35-2)36(33,34)28-10-4-3-5-11-28/h6-9,12-14,31H,3-5,10-11H2,1-2H3,(H,27,30,32). The maximum absolute atomic E-state index is 13.0. The van der Waals surface area contributed by atoms with Crippen molar-refractivity contribution in [3.8, 4) is 17.3 Å². The summed E-state index contributed by atoms with van der Waals surface area (Å²) in [7, 11) is -2.29. The number of rotatable bonds is 6. The lowest BCUT2D eigenvalue weighted by Gasteiger charge is -2.26. The molecule has 2 aromatic carbocycles. The number of sulfonamides is 1. The van der Waals surface area contributed by atoms with Crippen molar-refractivity contribution >= 4 is 37.9 Å². The lowest BCUT2D eigenvalue weighted by atomic mass is 10.2. The lowest BCUT2D eigenvalue weighted by molar-refractivity contribution is 0.346. The van der Waals surface area contributed by atoms with Gasteiger partial charge in [0.05, 0.1) is 17.7 Å². The molecule has 3 aromatic rings. The minimum atomic E-state index is -3.67. The average Bonchev–Trinajstić information content (AvgIpc) is 2.86. The predicted molar refractivity (Wildman–Crippen MR) is 140 cm³/mol. The van der Waals surface area contributed by atoms with Gasteiger partial charge in [-0.3, -0.25) is 14.8 Å². The van der Waals surface area contributed by atoms with Crippen LogP contribution in [0.1, 0.15) is 30.4 Å². The number of benzene rings is 2. The van der Waals surface area contributed by atoms with Gasteiger partial charge in [0.25, 0.3) is 5.56 Å². The number of aryl methyl sites for hydroxylation is 1. The number of hydrogen-bond donors (Lipinski definition) is 2. The smallest absolute Gasteiger partial charge is 0.335 e. The van der Waals surface area contributed by atoms with Gasteiger partial charge in [0.15, 0.2) is 0 Å². The van der Waals surface area contributed by atoms with Gasteiger partial charge in [-0.15, -0.1) is 0 Å². The van der Waals surface area contributed by atoms with Crippen LogP contribution in [0.25, 0.3) is 5.69 Å². The molecule has 190 valence electrons. The number of halogens is 1. The normalized spacial score (nSPS) is 14.9. The third kappa shape index (κ3) is 5.01. The minimum absolute atomic E-state index is 0.0834. The van der Waals surface area contributed by atoms with Crippen LogP contribution in [0.5, 0.6) is 11.6 Å². The van der Waals surface area contributed by atoms with E-state index in [1.54, 1.807) is 18.2 Å². The SMILES string of the molecule is COc1cc(S(=O)(=O)N2CCCCC2)ccc1N=Cc1c(O)n(-c2ccc(Br)c(C)c2)c(=O)[nH]c1=O. The number of H-pyrrole nitrogens is 1. The number of ether oxygens (including phenoxy) is 1.